The van der Waals surface area contributed by atoms with Gasteiger partial charge in [-0.1, -0.05) is 187 Å². The Kier molecular flexibility index (Phi) is 38.7. The van der Waals surface area contributed by atoms with Gasteiger partial charge in [0.2, 0.25) is 0 Å². The van der Waals surface area contributed by atoms with Gasteiger partial charge < -0.3 is 25.2 Å². The standard InChI is InChI=1S/C44H84NO10P/c1-3-5-7-9-11-13-15-17-19-20-22-23-25-27-29-31-33-35-42(46)52-37-40(38-53-56(50,51)54-39-41(45)44(48)49)55-43(47)36-34-32-30-28-26-24-21-18-16-14-12-10-8-6-4-2/h10,12,40-41H,3-9,11,13-39,45H2,1-2H3,(H,48,49)(H,50,51)/b12-10+/t40-,41+/m1/s1. The van der Waals surface area contributed by atoms with Gasteiger partial charge in [-0.15, -0.1) is 0 Å². The summed E-state index contributed by atoms with van der Waals surface area (Å²) in [6.07, 6.45) is 39.8. The van der Waals surface area contributed by atoms with Crippen molar-refractivity contribution in [2.45, 2.75) is 231 Å². The van der Waals surface area contributed by atoms with Crippen LogP contribution in [0.5, 0.6) is 0 Å². The van der Waals surface area contributed by atoms with Crippen LogP contribution in [0.4, 0.5) is 0 Å². The molecule has 0 aromatic heterocycles. The second-order valence-corrected chi connectivity index (χ2v) is 17.0. The number of phosphoric ester groups is 1. The van der Waals surface area contributed by atoms with Crippen LogP contribution >= 0.6 is 7.82 Å². The number of rotatable bonds is 43. The van der Waals surface area contributed by atoms with Gasteiger partial charge in [-0.25, -0.2) is 4.57 Å². The first-order valence-electron chi connectivity index (χ1n) is 22.7. The molecule has 0 aromatic rings. The van der Waals surface area contributed by atoms with Gasteiger partial charge in [-0.2, -0.15) is 0 Å². The van der Waals surface area contributed by atoms with Gasteiger partial charge in [-0.05, 0) is 32.1 Å². The zero-order valence-electron chi connectivity index (χ0n) is 35.7. The third-order valence-electron chi connectivity index (χ3n) is 10.0. The molecule has 4 N–H and O–H groups in total. The van der Waals surface area contributed by atoms with E-state index in [0.29, 0.717) is 12.8 Å². The summed E-state index contributed by atoms with van der Waals surface area (Å²) >= 11 is 0. The summed E-state index contributed by atoms with van der Waals surface area (Å²) in [5.41, 5.74) is 5.34. The first-order valence-corrected chi connectivity index (χ1v) is 24.2. The number of unbranched alkanes of at least 4 members (excludes halogenated alkanes) is 27. The molecular formula is C44H84NO10P. The first-order chi connectivity index (χ1) is 27.1. The molecule has 3 atom stereocenters. The lowest BCUT2D eigenvalue weighted by Gasteiger charge is -2.20. The van der Waals surface area contributed by atoms with E-state index in [4.69, 9.17) is 24.8 Å². The molecule has 0 spiro atoms. The maximum absolute atomic E-state index is 12.6. The number of hydrogen-bond acceptors (Lipinski definition) is 9. The van der Waals surface area contributed by atoms with E-state index in [0.717, 1.165) is 38.5 Å². The predicted molar refractivity (Wildman–Crippen MR) is 226 cm³/mol. The summed E-state index contributed by atoms with van der Waals surface area (Å²) < 4.78 is 32.7. The Morgan fingerprint density at radius 3 is 1.36 bits per heavy atom. The number of carbonyl (C=O) groups is 3. The van der Waals surface area contributed by atoms with Crippen molar-refractivity contribution in [3.8, 4) is 0 Å². The molecule has 0 amide bonds. The Morgan fingerprint density at radius 2 is 0.911 bits per heavy atom. The average Bonchev–Trinajstić information content (AvgIpc) is 3.17. The molecule has 0 bridgehead atoms. The number of esters is 2. The Labute approximate surface area is 341 Å². The molecule has 0 aliphatic heterocycles. The van der Waals surface area contributed by atoms with Crippen LogP contribution < -0.4 is 5.73 Å². The zero-order valence-corrected chi connectivity index (χ0v) is 36.6. The quantitative estimate of drug-likeness (QED) is 0.0231. The fourth-order valence-electron chi connectivity index (χ4n) is 6.40. The summed E-state index contributed by atoms with van der Waals surface area (Å²) in [7, 11) is -4.71. The molecule has 0 aromatic carbocycles. The van der Waals surface area contributed by atoms with Crippen LogP contribution in [0, 0.1) is 0 Å². The number of hydrogen-bond donors (Lipinski definition) is 3. The Morgan fingerprint density at radius 1 is 0.536 bits per heavy atom. The fraction of sp³-hybridized carbons (Fsp3) is 0.886. The number of aliphatic carboxylic acids is 1. The number of allylic oxidation sites excluding steroid dienone is 2. The van der Waals surface area contributed by atoms with E-state index in [9.17, 15) is 23.8 Å². The Hall–Kier alpha value is -1.78. The van der Waals surface area contributed by atoms with E-state index in [1.54, 1.807) is 0 Å². The number of carbonyl (C=O) groups excluding carboxylic acids is 2. The van der Waals surface area contributed by atoms with Gasteiger partial charge in [0.05, 0.1) is 13.2 Å². The van der Waals surface area contributed by atoms with Crippen molar-refractivity contribution in [1.82, 2.24) is 0 Å². The van der Waals surface area contributed by atoms with Crippen molar-refractivity contribution in [3.63, 3.8) is 0 Å². The average molecular weight is 818 g/mol. The maximum atomic E-state index is 12.6. The molecule has 0 aliphatic carbocycles. The molecule has 1 unspecified atom stereocenters. The third kappa shape index (κ3) is 39.1. The molecule has 330 valence electrons. The molecule has 0 saturated carbocycles. The lowest BCUT2D eigenvalue weighted by molar-refractivity contribution is -0.161. The SMILES string of the molecule is CCCC/C=C/CCCCCCCCCCCC(=O)O[C@H](COC(=O)CCCCCCCCCCCCCCCCCCC)COP(=O)(O)OC[C@H](N)C(=O)O. The van der Waals surface area contributed by atoms with Crippen LogP contribution in [0.25, 0.3) is 0 Å². The molecule has 11 nitrogen and oxygen atoms in total. The summed E-state index contributed by atoms with van der Waals surface area (Å²) in [5.74, 6) is -2.37. The third-order valence-corrected chi connectivity index (χ3v) is 11.0. The molecule has 12 heteroatoms. The highest BCUT2D eigenvalue weighted by Gasteiger charge is 2.28. The van der Waals surface area contributed by atoms with E-state index in [1.807, 2.05) is 0 Å². The highest BCUT2D eigenvalue weighted by Crippen LogP contribution is 2.43. The van der Waals surface area contributed by atoms with Crippen LogP contribution in [0.2, 0.25) is 0 Å². The summed E-state index contributed by atoms with van der Waals surface area (Å²) in [6.45, 7) is 2.80. The Balaban J connectivity index is 4.29. The van der Waals surface area contributed by atoms with Gasteiger partial charge in [0.1, 0.15) is 12.6 Å². The second kappa shape index (κ2) is 40.0. The molecular weight excluding hydrogens is 733 g/mol. The fourth-order valence-corrected chi connectivity index (χ4v) is 7.18. The molecule has 0 rings (SSSR count). The number of carboxylic acids is 1. The van der Waals surface area contributed by atoms with Crippen molar-refractivity contribution in [2.75, 3.05) is 19.8 Å². The molecule has 56 heavy (non-hydrogen) atoms. The molecule has 0 radical (unpaired) electrons. The van der Waals surface area contributed by atoms with E-state index >= 15 is 0 Å². The predicted octanol–water partition coefficient (Wildman–Crippen LogP) is 12.1. The van der Waals surface area contributed by atoms with E-state index in [1.165, 1.54) is 141 Å². The number of ether oxygens (including phenoxy) is 2. The van der Waals surface area contributed by atoms with E-state index in [2.05, 4.69) is 30.5 Å². The second-order valence-electron chi connectivity index (χ2n) is 15.5. The topological polar surface area (TPSA) is 172 Å². The van der Waals surface area contributed by atoms with Crippen molar-refractivity contribution in [3.05, 3.63) is 12.2 Å². The highest BCUT2D eigenvalue weighted by atomic mass is 31.2. The monoisotopic (exact) mass is 818 g/mol. The maximum Gasteiger partial charge on any atom is 0.472 e. The largest absolute Gasteiger partial charge is 0.480 e. The van der Waals surface area contributed by atoms with Crippen LogP contribution in [-0.4, -0.2) is 59.9 Å². The van der Waals surface area contributed by atoms with Crippen molar-refractivity contribution < 1.29 is 47.5 Å². The number of carboxylic acid groups (broad SMARTS) is 1. The number of phosphoric acid groups is 1. The van der Waals surface area contributed by atoms with Crippen LogP contribution in [0.15, 0.2) is 12.2 Å². The minimum absolute atomic E-state index is 0.163. The lowest BCUT2D eigenvalue weighted by atomic mass is 10.0. The molecule has 0 aliphatic rings. The van der Waals surface area contributed by atoms with Gasteiger partial charge in [-0.3, -0.25) is 23.4 Å². The number of nitrogens with two attached hydrogens (primary N) is 1. The lowest BCUT2D eigenvalue weighted by Crippen LogP contribution is -2.34. The van der Waals surface area contributed by atoms with E-state index < -0.39 is 51.1 Å². The van der Waals surface area contributed by atoms with Crippen molar-refractivity contribution in [2.24, 2.45) is 5.73 Å². The van der Waals surface area contributed by atoms with E-state index in [-0.39, 0.29) is 19.4 Å². The van der Waals surface area contributed by atoms with Gasteiger partial charge >= 0.3 is 25.7 Å². The minimum atomic E-state index is -4.71. The molecule has 0 heterocycles. The van der Waals surface area contributed by atoms with Crippen LogP contribution in [0.3, 0.4) is 0 Å². The first kappa shape index (κ1) is 54.2. The smallest absolute Gasteiger partial charge is 0.472 e. The van der Waals surface area contributed by atoms with Gasteiger partial charge in [0.25, 0.3) is 0 Å². The van der Waals surface area contributed by atoms with Gasteiger partial charge in [0, 0.05) is 12.8 Å². The molecule has 0 saturated heterocycles. The summed E-state index contributed by atoms with van der Waals surface area (Å²) in [4.78, 5) is 46.0. The van der Waals surface area contributed by atoms with Crippen molar-refractivity contribution in [1.29, 1.82) is 0 Å². The van der Waals surface area contributed by atoms with Crippen LogP contribution in [-0.2, 0) is 37.5 Å². The summed E-state index contributed by atoms with van der Waals surface area (Å²) in [6, 6.07) is -1.52. The highest BCUT2D eigenvalue weighted by molar-refractivity contribution is 7.47. The minimum Gasteiger partial charge on any atom is -0.480 e. The van der Waals surface area contributed by atoms with Crippen molar-refractivity contribution >= 4 is 25.7 Å². The Bertz CT molecular complexity index is 1010. The zero-order chi connectivity index (χ0) is 41.4. The van der Waals surface area contributed by atoms with Crippen LogP contribution in [0.1, 0.15) is 219 Å². The normalized spacial score (nSPS) is 13.8. The molecule has 0 fully saturated rings. The summed E-state index contributed by atoms with van der Waals surface area (Å²) in [5, 5.41) is 8.89. The van der Waals surface area contributed by atoms with Gasteiger partial charge in [0.15, 0.2) is 6.10 Å².